The van der Waals surface area contributed by atoms with Gasteiger partial charge >= 0.3 is 11.9 Å². The Morgan fingerprint density at radius 2 is 1.46 bits per heavy atom. The lowest BCUT2D eigenvalue weighted by Gasteiger charge is -2.26. The summed E-state index contributed by atoms with van der Waals surface area (Å²) in [6.07, 6.45) is 6.05. The molecule has 4 aromatic carbocycles. The number of halogens is 1. The number of ether oxygens (including phenoxy) is 4. The van der Waals surface area contributed by atoms with E-state index in [0.29, 0.717) is 29.5 Å². The average Bonchev–Trinajstić information content (AvgIpc) is 3.77. The van der Waals surface area contributed by atoms with Gasteiger partial charge in [0.2, 0.25) is 0 Å². The molecule has 3 atom stereocenters. The molecule has 4 aromatic rings. The molecule has 1 aliphatic carbocycles. The molecule has 0 N–H and O–H groups in total. The summed E-state index contributed by atoms with van der Waals surface area (Å²) in [6.45, 7) is 0.467. The fraction of sp³-hybridized carbons (Fsp3) is 0.333. The SMILES string of the molecule is COC(=O)CCCCC1CC1(Cc1ccc(C(=O)OC)cc1)C[C@H](OCc1ccc(Oc2ccc(Cl)cc2)cc1)c1ccccc1. The fourth-order valence-electron chi connectivity index (χ4n) is 6.22. The third-order valence-electron chi connectivity index (χ3n) is 8.89. The molecular formula is C39H41ClO6. The Kier molecular flexibility index (Phi) is 11.5. The van der Waals surface area contributed by atoms with Crippen LogP contribution in [0.3, 0.4) is 0 Å². The average molecular weight is 641 g/mol. The molecule has 0 amide bonds. The summed E-state index contributed by atoms with van der Waals surface area (Å²) in [7, 11) is 2.83. The molecule has 6 nitrogen and oxygen atoms in total. The third-order valence-corrected chi connectivity index (χ3v) is 9.14. The smallest absolute Gasteiger partial charge is 0.337 e. The molecule has 2 unspecified atom stereocenters. The predicted molar refractivity (Wildman–Crippen MR) is 179 cm³/mol. The van der Waals surface area contributed by atoms with Crippen LogP contribution >= 0.6 is 11.6 Å². The van der Waals surface area contributed by atoms with Crippen molar-refractivity contribution in [2.75, 3.05) is 14.2 Å². The fourth-order valence-corrected chi connectivity index (χ4v) is 6.35. The number of rotatable bonds is 16. The Labute approximate surface area is 276 Å². The highest BCUT2D eigenvalue weighted by Gasteiger charge is 2.54. The molecule has 0 bridgehead atoms. The van der Waals surface area contributed by atoms with Gasteiger partial charge in [-0.1, -0.05) is 72.6 Å². The third kappa shape index (κ3) is 9.21. The molecule has 0 spiro atoms. The van der Waals surface area contributed by atoms with Gasteiger partial charge in [0.05, 0.1) is 32.5 Å². The monoisotopic (exact) mass is 640 g/mol. The number of methoxy groups -OCH3 is 2. The predicted octanol–water partition coefficient (Wildman–Crippen LogP) is 9.55. The molecule has 240 valence electrons. The first kappa shape index (κ1) is 33.2. The number of esters is 2. The maximum absolute atomic E-state index is 12.0. The molecular weight excluding hydrogens is 600 g/mol. The van der Waals surface area contributed by atoms with E-state index in [-0.39, 0.29) is 23.5 Å². The lowest BCUT2D eigenvalue weighted by Crippen LogP contribution is -2.17. The normalized spacial score (nSPS) is 17.6. The minimum Gasteiger partial charge on any atom is -0.469 e. The maximum Gasteiger partial charge on any atom is 0.337 e. The highest BCUT2D eigenvalue weighted by atomic mass is 35.5. The van der Waals surface area contributed by atoms with Crippen molar-refractivity contribution in [3.63, 3.8) is 0 Å². The number of hydrogen-bond donors (Lipinski definition) is 0. The molecule has 0 aliphatic heterocycles. The molecule has 1 aliphatic rings. The van der Waals surface area contributed by atoms with Gasteiger partial charge < -0.3 is 18.9 Å². The zero-order valence-corrected chi connectivity index (χ0v) is 27.2. The van der Waals surface area contributed by atoms with Gasteiger partial charge in [0.15, 0.2) is 0 Å². The summed E-state index contributed by atoms with van der Waals surface area (Å²) >= 11 is 6.00. The molecule has 0 aromatic heterocycles. The van der Waals surface area contributed by atoms with Crippen LogP contribution < -0.4 is 4.74 Å². The molecule has 7 heteroatoms. The van der Waals surface area contributed by atoms with Crippen molar-refractivity contribution in [1.82, 2.24) is 0 Å². The molecule has 0 saturated heterocycles. The van der Waals surface area contributed by atoms with E-state index in [1.165, 1.54) is 19.8 Å². The van der Waals surface area contributed by atoms with E-state index in [9.17, 15) is 9.59 Å². The van der Waals surface area contributed by atoms with Crippen LogP contribution in [0, 0.1) is 11.3 Å². The lowest BCUT2D eigenvalue weighted by atomic mass is 9.85. The maximum atomic E-state index is 12.0. The largest absolute Gasteiger partial charge is 0.469 e. The molecule has 5 rings (SSSR count). The van der Waals surface area contributed by atoms with Crippen LogP contribution in [0.15, 0.2) is 103 Å². The van der Waals surface area contributed by atoms with E-state index in [2.05, 4.69) is 24.3 Å². The van der Waals surface area contributed by atoms with Crippen molar-refractivity contribution in [2.45, 2.75) is 57.7 Å². The van der Waals surface area contributed by atoms with Crippen molar-refractivity contribution in [3.8, 4) is 11.5 Å². The van der Waals surface area contributed by atoms with Crippen LogP contribution in [0.1, 0.15) is 71.7 Å². The van der Waals surface area contributed by atoms with Gasteiger partial charge in [-0.05, 0) is 109 Å². The van der Waals surface area contributed by atoms with E-state index in [0.717, 1.165) is 61.2 Å². The van der Waals surface area contributed by atoms with Crippen molar-refractivity contribution in [1.29, 1.82) is 0 Å². The molecule has 0 heterocycles. The second-order valence-corrected chi connectivity index (χ2v) is 12.5. The van der Waals surface area contributed by atoms with E-state index in [1.54, 1.807) is 12.1 Å². The van der Waals surface area contributed by atoms with Gasteiger partial charge in [0, 0.05) is 11.4 Å². The second kappa shape index (κ2) is 15.9. The Morgan fingerprint density at radius 1 is 0.804 bits per heavy atom. The van der Waals surface area contributed by atoms with Crippen LogP contribution in [-0.4, -0.2) is 26.2 Å². The van der Waals surface area contributed by atoms with Crippen molar-refractivity contribution in [3.05, 3.63) is 130 Å². The Hall–Kier alpha value is -4.13. The Balaban J connectivity index is 1.29. The molecule has 1 fully saturated rings. The summed E-state index contributed by atoms with van der Waals surface area (Å²) in [6, 6.07) is 33.5. The van der Waals surface area contributed by atoms with Gasteiger partial charge in [-0.15, -0.1) is 0 Å². The minimum absolute atomic E-state index is 0.0504. The van der Waals surface area contributed by atoms with E-state index >= 15 is 0 Å². The standard InChI is InChI=1S/C39H41ClO6/c1-43-37(41)11-7-6-10-32-25-39(32,24-28-12-16-31(17-13-28)38(42)44-2)26-36(30-8-4-3-5-9-30)45-27-29-14-20-34(21-15-29)46-35-22-18-33(40)19-23-35/h3-5,8-9,12-23,32,36H,6-7,10-11,24-27H2,1-2H3/t32?,36-,39?/m0/s1. The van der Waals surface area contributed by atoms with Crippen molar-refractivity contribution >= 4 is 23.5 Å². The van der Waals surface area contributed by atoms with Gasteiger partial charge in [-0.25, -0.2) is 4.79 Å². The van der Waals surface area contributed by atoms with Crippen LogP contribution in [0.25, 0.3) is 0 Å². The van der Waals surface area contributed by atoms with Crippen molar-refractivity contribution in [2.24, 2.45) is 11.3 Å². The topological polar surface area (TPSA) is 71.1 Å². The number of benzene rings is 4. The number of carbonyl (C=O) groups is 2. The van der Waals surface area contributed by atoms with Crippen molar-refractivity contribution < 1.29 is 28.5 Å². The second-order valence-electron chi connectivity index (χ2n) is 12.1. The van der Waals surface area contributed by atoms with E-state index in [1.807, 2.05) is 66.7 Å². The highest BCUT2D eigenvalue weighted by Crippen LogP contribution is 2.62. The van der Waals surface area contributed by atoms with Crippen LogP contribution in [0.5, 0.6) is 11.5 Å². The zero-order chi connectivity index (χ0) is 32.4. The molecule has 0 radical (unpaired) electrons. The number of hydrogen-bond acceptors (Lipinski definition) is 6. The molecule has 1 saturated carbocycles. The highest BCUT2D eigenvalue weighted by molar-refractivity contribution is 6.30. The summed E-state index contributed by atoms with van der Waals surface area (Å²) in [4.78, 5) is 23.7. The first-order valence-corrected chi connectivity index (χ1v) is 16.2. The number of carbonyl (C=O) groups excluding carboxylic acids is 2. The van der Waals surface area contributed by atoms with Crippen LogP contribution in [0.4, 0.5) is 0 Å². The summed E-state index contributed by atoms with van der Waals surface area (Å²) in [5.41, 5.74) is 4.00. The van der Waals surface area contributed by atoms with Gasteiger partial charge in [-0.3, -0.25) is 4.79 Å². The van der Waals surface area contributed by atoms with Gasteiger partial charge in [-0.2, -0.15) is 0 Å². The minimum atomic E-state index is -0.335. The Bertz CT molecular complexity index is 1550. The molecule has 46 heavy (non-hydrogen) atoms. The zero-order valence-electron chi connectivity index (χ0n) is 26.5. The summed E-state index contributed by atoms with van der Waals surface area (Å²) in [5, 5.41) is 0.669. The Morgan fingerprint density at radius 3 is 2.11 bits per heavy atom. The van der Waals surface area contributed by atoms with Gasteiger partial charge in [0.1, 0.15) is 11.5 Å². The van der Waals surface area contributed by atoms with Gasteiger partial charge in [0.25, 0.3) is 0 Å². The van der Waals surface area contributed by atoms with Crippen LogP contribution in [0.2, 0.25) is 5.02 Å². The van der Waals surface area contributed by atoms with E-state index < -0.39 is 0 Å². The summed E-state index contributed by atoms with van der Waals surface area (Å²) in [5.74, 6) is 1.50. The van der Waals surface area contributed by atoms with E-state index in [4.69, 9.17) is 30.5 Å². The first-order chi connectivity index (χ1) is 22.4. The lowest BCUT2D eigenvalue weighted by molar-refractivity contribution is -0.140. The van der Waals surface area contributed by atoms with Crippen LogP contribution in [-0.2, 0) is 32.0 Å². The quantitative estimate of drug-likeness (QED) is 0.0897. The first-order valence-electron chi connectivity index (χ1n) is 15.8. The number of unbranched alkanes of at least 4 members (excludes halogenated alkanes) is 1. The summed E-state index contributed by atoms with van der Waals surface area (Å²) < 4.78 is 22.4.